The average molecular weight is 577 g/mol. The van der Waals surface area contributed by atoms with E-state index in [2.05, 4.69) is 15.4 Å². The number of anilines is 2. The Hall–Kier alpha value is -4.92. The van der Waals surface area contributed by atoms with Crippen molar-refractivity contribution in [3.05, 3.63) is 101 Å². The third kappa shape index (κ3) is 10.9. The standard InChI is InChI=1S/C25H24N2O5.C6H10O2.C2H6/c1-16-7-6-8-17(2)23(16)32-15-22(28)26-19-13-11-18(12-14-19)24(29)27-21-10-5-4-9-20(21)25(30)31-3;1-4-5(2)6(7)8-3;1-2/h4-14H,15H2,1-3H3,(H,26,28)(H,27,29);4H,1-3H3;1-2H3/b;5-4+;. The fourth-order valence-corrected chi connectivity index (χ4v) is 3.42. The van der Waals surface area contributed by atoms with E-state index >= 15 is 0 Å². The number of aryl methyl sites for hydroxylation is 2. The van der Waals surface area contributed by atoms with E-state index in [1.165, 1.54) is 14.2 Å². The molecule has 3 aromatic rings. The number of allylic oxidation sites excluding steroid dienone is 1. The largest absolute Gasteiger partial charge is 0.483 e. The van der Waals surface area contributed by atoms with Gasteiger partial charge in [0.2, 0.25) is 0 Å². The van der Waals surface area contributed by atoms with Gasteiger partial charge < -0.3 is 24.8 Å². The van der Waals surface area contributed by atoms with Crippen LogP contribution in [0.3, 0.4) is 0 Å². The molecule has 0 radical (unpaired) electrons. The molecular formula is C33H40N2O7. The quantitative estimate of drug-likeness (QED) is 0.232. The van der Waals surface area contributed by atoms with Crippen molar-refractivity contribution < 1.29 is 33.4 Å². The van der Waals surface area contributed by atoms with Crippen molar-refractivity contribution in [3.8, 4) is 5.75 Å². The van der Waals surface area contributed by atoms with Gasteiger partial charge in [0.25, 0.3) is 11.8 Å². The number of hydrogen-bond donors (Lipinski definition) is 2. The van der Waals surface area contributed by atoms with Crippen LogP contribution in [0.1, 0.15) is 59.5 Å². The summed E-state index contributed by atoms with van der Waals surface area (Å²) in [5.74, 6) is -0.800. The molecule has 224 valence electrons. The first-order chi connectivity index (χ1) is 20.1. The van der Waals surface area contributed by atoms with Gasteiger partial charge in [-0.15, -0.1) is 0 Å². The van der Waals surface area contributed by atoms with Crippen LogP contribution >= 0.6 is 0 Å². The molecule has 0 aliphatic rings. The van der Waals surface area contributed by atoms with Crippen LogP contribution in [0.25, 0.3) is 0 Å². The Labute approximate surface area is 247 Å². The lowest BCUT2D eigenvalue weighted by molar-refractivity contribution is -0.136. The number of benzene rings is 3. The molecule has 2 amide bonds. The van der Waals surface area contributed by atoms with Gasteiger partial charge in [-0.3, -0.25) is 9.59 Å². The molecule has 9 heteroatoms. The first kappa shape index (κ1) is 35.1. The minimum Gasteiger partial charge on any atom is -0.483 e. The molecule has 0 atom stereocenters. The number of rotatable bonds is 8. The van der Waals surface area contributed by atoms with E-state index in [-0.39, 0.29) is 24.0 Å². The maximum atomic E-state index is 12.6. The van der Waals surface area contributed by atoms with E-state index in [9.17, 15) is 19.2 Å². The normalized spacial score (nSPS) is 10.0. The van der Waals surface area contributed by atoms with Crippen molar-refractivity contribution in [1.82, 2.24) is 0 Å². The fraction of sp³-hybridized carbons (Fsp3) is 0.273. The first-order valence-electron chi connectivity index (χ1n) is 13.4. The molecule has 0 fully saturated rings. The van der Waals surface area contributed by atoms with Gasteiger partial charge in [0, 0.05) is 16.8 Å². The number of hydrogen-bond acceptors (Lipinski definition) is 7. The molecule has 0 bridgehead atoms. The van der Waals surface area contributed by atoms with Gasteiger partial charge in [0.1, 0.15) is 5.75 Å². The minimum absolute atomic E-state index is 0.127. The number of methoxy groups -OCH3 is 2. The second kappa shape index (κ2) is 18.4. The van der Waals surface area contributed by atoms with E-state index in [0.717, 1.165) is 11.1 Å². The molecule has 3 aromatic carbocycles. The Balaban J connectivity index is 0.000000762. The molecule has 42 heavy (non-hydrogen) atoms. The van der Waals surface area contributed by atoms with Crippen LogP contribution in [0.5, 0.6) is 5.75 Å². The minimum atomic E-state index is -0.540. The van der Waals surface area contributed by atoms with Crippen LogP contribution in [-0.4, -0.2) is 44.6 Å². The lowest BCUT2D eigenvalue weighted by Crippen LogP contribution is -2.21. The van der Waals surface area contributed by atoms with Gasteiger partial charge in [-0.2, -0.15) is 0 Å². The topological polar surface area (TPSA) is 120 Å². The van der Waals surface area contributed by atoms with Crippen molar-refractivity contribution in [2.45, 2.75) is 41.5 Å². The summed E-state index contributed by atoms with van der Waals surface area (Å²) in [7, 11) is 2.65. The molecule has 0 aliphatic heterocycles. The Morgan fingerprint density at radius 1 is 0.786 bits per heavy atom. The number of para-hydroxylation sites is 2. The van der Waals surface area contributed by atoms with Gasteiger partial charge in [0.05, 0.1) is 25.5 Å². The van der Waals surface area contributed by atoms with Crippen LogP contribution in [0.15, 0.2) is 78.4 Å². The summed E-state index contributed by atoms with van der Waals surface area (Å²) in [4.78, 5) is 47.1. The molecule has 0 unspecified atom stereocenters. The molecule has 0 aromatic heterocycles. The van der Waals surface area contributed by atoms with Crippen LogP contribution in [0.4, 0.5) is 11.4 Å². The molecule has 0 heterocycles. The maximum absolute atomic E-state index is 12.6. The third-order valence-electron chi connectivity index (χ3n) is 5.71. The summed E-state index contributed by atoms with van der Waals surface area (Å²) in [5.41, 5.74) is 4.08. The van der Waals surface area contributed by atoms with Gasteiger partial charge in [-0.1, -0.05) is 50.3 Å². The number of carbonyl (C=O) groups excluding carboxylic acids is 4. The first-order valence-corrected chi connectivity index (χ1v) is 13.4. The summed E-state index contributed by atoms with van der Waals surface area (Å²) < 4.78 is 14.8. The molecular weight excluding hydrogens is 536 g/mol. The van der Waals surface area contributed by atoms with Crippen molar-refractivity contribution in [2.75, 3.05) is 31.5 Å². The summed E-state index contributed by atoms with van der Waals surface area (Å²) >= 11 is 0. The maximum Gasteiger partial charge on any atom is 0.339 e. The van der Waals surface area contributed by atoms with Gasteiger partial charge in [-0.25, -0.2) is 9.59 Å². The lowest BCUT2D eigenvalue weighted by atomic mass is 10.1. The van der Waals surface area contributed by atoms with Crippen molar-refractivity contribution in [1.29, 1.82) is 0 Å². The van der Waals surface area contributed by atoms with Gasteiger partial charge in [-0.05, 0) is 75.2 Å². The van der Waals surface area contributed by atoms with E-state index in [1.54, 1.807) is 68.5 Å². The number of esters is 2. The van der Waals surface area contributed by atoms with Crippen molar-refractivity contribution >= 4 is 35.1 Å². The zero-order valence-corrected chi connectivity index (χ0v) is 25.5. The van der Waals surface area contributed by atoms with Crippen LogP contribution in [0, 0.1) is 13.8 Å². The molecule has 0 spiro atoms. The number of ether oxygens (including phenoxy) is 3. The SMILES string of the molecule is C/C=C(\C)C(=O)OC.CC.COC(=O)c1ccccc1NC(=O)c1ccc(NC(=O)COc2c(C)cccc2C)cc1. The highest BCUT2D eigenvalue weighted by Crippen LogP contribution is 2.22. The van der Waals surface area contributed by atoms with E-state index in [1.807, 2.05) is 45.9 Å². The van der Waals surface area contributed by atoms with E-state index in [4.69, 9.17) is 9.47 Å². The number of nitrogens with one attached hydrogen (secondary N) is 2. The smallest absolute Gasteiger partial charge is 0.339 e. The monoisotopic (exact) mass is 576 g/mol. The second-order valence-electron chi connectivity index (χ2n) is 8.59. The molecule has 9 nitrogen and oxygen atoms in total. The van der Waals surface area contributed by atoms with Crippen molar-refractivity contribution in [2.24, 2.45) is 0 Å². The molecule has 0 saturated carbocycles. The van der Waals surface area contributed by atoms with E-state index < -0.39 is 11.9 Å². The Morgan fingerprint density at radius 3 is 1.90 bits per heavy atom. The molecule has 0 saturated heterocycles. The molecule has 2 N–H and O–H groups in total. The Kier molecular flexibility index (Phi) is 15.4. The van der Waals surface area contributed by atoms with Gasteiger partial charge in [0.15, 0.2) is 6.61 Å². The lowest BCUT2D eigenvalue weighted by Gasteiger charge is -2.12. The van der Waals surface area contributed by atoms with Crippen LogP contribution in [0.2, 0.25) is 0 Å². The molecule has 3 rings (SSSR count). The predicted octanol–water partition coefficient (Wildman–Crippen LogP) is 6.51. The Morgan fingerprint density at radius 2 is 1.38 bits per heavy atom. The highest BCUT2D eigenvalue weighted by atomic mass is 16.5. The second-order valence-corrected chi connectivity index (χ2v) is 8.59. The third-order valence-corrected chi connectivity index (χ3v) is 5.71. The Bertz CT molecular complexity index is 1360. The number of carbonyl (C=O) groups is 4. The van der Waals surface area contributed by atoms with Crippen molar-refractivity contribution in [3.63, 3.8) is 0 Å². The summed E-state index contributed by atoms with van der Waals surface area (Å²) in [6.07, 6.45) is 1.71. The zero-order valence-electron chi connectivity index (χ0n) is 25.5. The highest BCUT2D eigenvalue weighted by molar-refractivity contribution is 6.08. The van der Waals surface area contributed by atoms with E-state index in [0.29, 0.717) is 28.3 Å². The fourth-order valence-electron chi connectivity index (χ4n) is 3.42. The zero-order chi connectivity index (χ0) is 31.7. The summed E-state index contributed by atoms with van der Waals surface area (Å²) in [5, 5.41) is 5.45. The summed E-state index contributed by atoms with van der Waals surface area (Å²) in [6, 6.07) is 18.8. The summed E-state index contributed by atoms with van der Waals surface area (Å²) in [6.45, 7) is 11.2. The highest BCUT2D eigenvalue weighted by Gasteiger charge is 2.14. The molecule has 0 aliphatic carbocycles. The predicted molar refractivity (Wildman–Crippen MR) is 165 cm³/mol. The van der Waals surface area contributed by atoms with Crippen LogP contribution in [-0.2, 0) is 19.1 Å². The average Bonchev–Trinajstić information content (AvgIpc) is 3.01. The van der Waals surface area contributed by atoms with Gasteiger partial charge >= 0.3 is 11.9 Å². The number of amides is 2. The van der Waals surface area contributed by atoms with Crippen LogP contribution < -0.4 is 15.4 Å².